The van der Waals surface area contributed by atoms with Crippen LogP contribution in [-0.4, -0.2) is 18.7 Å². The minimum atomic E-state index is 0.250. The number of rotatable bonds is 4. The summed E-state index contributed by atoms with van der Waals surface area (Å²) >= 11 is 1.05. The summed E-state index contributed by atoms with van der Waals surface area (Å²) in [5.74, 6) is 1.78. The van der Waals surface area contributed by atoms with E-state index in [0.29, 0.717) is 22.8 Å². The molecular weight excluding hydrogens is 312 g/mol. The van der Waals surface area contributed by atoms with Crippen LogP contribution in [0.5, 0.6) is 23.3 Å². The third-order valence-electron chi connectivity index (χ3n) is 2.97. The smallest absolute Gasteiger partial charge is 0.286 e. The molecule has 0 N–H and O–H groups in total. The maximum Gasteiger partial charge on any atom is 0.286 e. The van der Waals surface area contributed by atoms with Crippen molar-refractivity contribution >= 4 is 23.0 Å². The third-order valence-corrected chi connectivity index (χ3v) is 3.48. The van der Waals surface area contributed by atoms with Crippen molar-refractivity contribution in [3.63, 3.8) is 0 Å². The zero-order chi connectivity index (χ0) is 15.5. The van der Waals surface area contributed by atoms with Crippen molar-refractivity contribution < 1.29 is 9.47 Å². The highest BCUT2D eigenvalue weighted by Gasteiger charge is 2.16. The summed E-state index contributed by atoms with van der Waals surface area (Å²) in [5.41, 5.74) is 0.864. The van der Waals surface area contributed by atoms with Crippen LogP contribution in [0.25, 0.3) is 11.3 Å². The molecule has 0 saturated carbocycles. The Morgan fingerprint density at radius 3 is 1.48 bits per heavy atom. The molecule has 0 aliphatic heterocycles. The van der Waals surface area contributed by atoms with Crippen molar-refractivity contribution in [1.29, 1.82) is 0 Å². The monoisotopic (exact) mass is 322 g/mol. The van der Waals surface area contributed by atoms with Gasteiger partial charge in [0.05, 0.1) is 11.7 Å². The first-order chi connectivity index (χ1) is 11.4. The zero-order valence-corrected chi connectivity index (χ0v) is 12.6. The van der Waals surface area contributed by atoms with Crippen LogP contribution in [-0.2, 0) is 0 Å². The van der Waals surface area contributed by atoms with Gasteiger partial charge in [-0.15, -0.1) is 0 Å². The number of nitrogens with zero attached hydrogens (tertiary/aromatic N) is 4. The van der Waals surface area contributed by atoms with Gasteiger partial charge in [0.25, 0.3) is 11.8 Å². The summed E-state index contributed by atoms with van der Waals surface area (Å²) in [5, 5.41) is 0. The van der Waals surface area contributed by atoms with E-state index >= 15 is 0 Å². The number of para-hydroxylation sites is 2. The van der Waals surface area contributed by atoms with E-state index in [1.54, 1.807) is 0 Å². The molecule has 6 nitrogen and oxygen atoms in total. The highest BCUT2D eigenvalue weighted by Crippen LogP contribution is 2.32. The van der Waals surface area contributed by atoms with Crippen LogP contribution in [0.15, 0.2) is 60.7 Å². The second-order valence-corrected chi connectivity index (χ2v) is 5.10. The normalized spacial score (nSPS) is 10.6. The second-order valence-electron chi connectivity index (χ2n) is 4.58. The highest BCUT2D eigenvalue weighted by atomic mass is 32.1. The van der Waals surface area contributed by atoms with Gasteiger partial charge in [-0.2, -0.15) is 18.7 Å². The van der Waals surface area contributed by atoms with E-state index in [4.69, 9.17) is 9.47 Å². The van der Waals surface area contributed by atoms with Crippen LogP contribution < -0.4 is 9.47 Å². The first-order valence-corrected chi connectivity index (χ1v) is 7.57. The molecule has 0 amide bonds. The molecule has 0 bridgehead atoms. The topological polar surface area (TPSA) is 70.0 Å². The third kappa shape index (κ3) is 2.95. The fraction of sp³-hybridized carbons (Fsp3) is 0. The Bertz CT molecular complexity index is 853. The van der Waals surface area contributed by atoms with Crippen molar-refractivity contribution in [3.05, 3.63) is 60.7 Å². The summed E-state index contributed by atoms with van der Waals surface area (Å²) in [6, 6.07) is 18.7. The molecule has 2 heterocycles. The van der Waals surface area contributed by atoms with Gasteiger partial charge in [-0.3, -0.25) is 0 Å². The number of hydrogen-bond acceptors (Lipinski definition) is 7. The molecule has 4 rings (SSSR count). The van der Waals surface area contributed by atoms with Gasteiger partial charge >= 0.3 is 0 Å². The van der Waals surface area contributed by atoms with E-state index < -0.39 is 0 Å². The standard InChI is InChI=1S/C16H10N4O2S/c1-3-7-11(8-4-1)21-15-16(22-12-9-5-2-6-10-12)18-14-13(17-15)19-23-20-14/h1-10H. The largest absolute Gasteiger partial charge is 0.435 e. The number of benzene rings is 2. The molecule has 7 heteroatoms. The van der Waals surface area contributed by atoms with Crippen molar-refractivity contribution in [2.45, 2.75) is 0 Å². The maximum absolute atomic E-state index is 5.80. The fourth-order valence-corrected chi connectivity index (χ4v) is 2.38. The average molecular weight is 322 g/mol. The van der Waals surface area contributed by atoms with Gasteiger partial charge in [0.2, 0.25) is 11.3 Å². The molecule has 0 aliphatic carbocycles. The maximum atomic E-state index is 5.80. The summed E-state index contributed by atoms with van der Waals surface area (Å²) < 4.78 is 19.8. The zero-order valence-electron chi connectivity index (χ0n) is 11.8. The van der Waals surface area contributed by atoms with Crippen LogP contribution in [0, 0.1) is 0 Å². The van der Waals surface area contributed by atoms with Crippen molar-refractivity contribution in [1.82, 2.24) is 18.7 Å². The molecule has 0 fully saturated rings. The predicted molar refractivity (Wildman–Crippen MR) is 86.0 cm³/mol. The first-order valence-electron chi connectivity index (χ1n) is 6.84. The lowest BCUT2D eigenvalue weighted by Crippen LogP contribution is -1.97. The van der Waals surface area contributed by atoms with Gasteiger partial charge in [0.1, 0.15) is 11.5 Å². The molecular formula is C16H10N4O2S. The molecule has 2 aromatic carbocycles. The van der Waals surface area contributed by atoms with E-state index in [0.717, 1.165) is 11.7 Å². The van der Waals surface area contributed by atoms with Gasteiger partial charge < -0.3 is 9.47 Å². The van der Waals surface area contributed by atoms with Gasteiger partial charge in [0, 0.05) is 0 Å². The van der Waals surface area contributed by atoms with Crippen LogP contribution in [0.3, 0.4) is 0 Å². The van der Waals surface area contributed by atoms with Crippen LogP contribution in [0.1, 0.15) is 0 Å². The minimum Gasteiger partial charge on any atom is -0.435 e. The molecule has 112 valence electrons. The van der Waals surface area contributed by atoms with Gasteiger partial charge in [-0.05, 0) is 24.3 Å². The molecule has 0 aliphatic rings. The van der Waals surface area contributed by atoms with Crippen LogP contribution in [0.2, 0.25) is 0 Å². The molecule has 2 aromatic heterocycles. The summed E-state index contributed by atoms with van der Waals surface area (Å²) in [7, 11) is 0. The van der Waals surface area contributed by atoms with Crippen molar-refractivity contribution in [2.75, 3.05) is 0 Å². The van der Waals surface area contributed by atoms with Crippen LogP contribution in [0.4, 0.5) is 0 Å². The van der Waals surface area contributed by atoms with E-state index in [9.17, 15) is 0 Å². The highest BCUT2D eigenvalue weighted by molar-refractivity contribution is 6.99. The molecule has 4 aromatic rings. The molecule has 0 atom stereocenters. The Morgan fingerprint density at radius 1 is 0.609 bits per heavy atom. The minimum absolute atomic E-state index is 0.250. The summed E-state index contributed by atoms with van der Waals surface area (Å²) in [6.07, 6.45) is 0. The quantitative estimate of drug-likeness (QED) is 0.564. The molecule has 0 spiro atoms. The number of ether oxygens (including phenoxy) is 2. The lowest BCUT2D eigenvalue weighted by molar-refractivity contribution is 0.394. The Labute approximate surface area is 135 Å². The number of fused-ring (bicyclic) bond motifs is 1. The Balaban J connectivity index is 1.75. The van der Waals surface area contributed by atoms with Gasteiger partial charge in [0.15, 0.2) is 0 Å². The van der Waals surface area contributed by atoms with E-state index in [-0.39, 0.29) is 11.8 Å². The number of hydrogen-bond donors (Lipinski definition) is 0. The van der Waals surface area contributed by atoms with Gasteiger partial charge in [-0.1, -0.05) is 36.4 Å². The molecule has 0 unspecified atom stereocenters. The average Bonchev–Trinajstić information content (AvgIpc) is 3.04. The second kappa shape index (κ2) is 5.98. The van der Waals surface area contributed by atoms with Crippen molar-refractivity contribution in [2.24, 2.45) is 0 Å². The predicted octanol–water partition coefficient (Wildman–Crippen LogP) is 4.07. The Morgan fingerprint density at radius 2 is 1.04 bits per heavy atom. The van der Waals surface area contributed by atoms with Crippen molar-refractivity contribution in [3.8, 4) is 23.3 Å². The molecule has 0 saturated heterocycles. The van der Waals surface area contributed by atoms with E-state index in [1.165, 1.54) is 0 Å². The van der Waals surface area contributed by atoms with E-state index in [2.05, 4.69) is 18.7 Å². The summed E-state index contributed by atoms with van der Waals surface area (Å²) in [4.78, 5) is 8.71. The van der Waals surface area contributed by atoms with Crippen LogP contribution >= 0.6 is 11.7 Å². The fourth-order valence-electron chi connectivity index (χ4n) is 1.94. The van der Waals surface area contributed by atoms with E-state index in [1.807, 2.05) is 60.7 Å². The lowest BCUT2D eigenvalue weighted by atomic mass is 10.3. The Kier molecular flexibility index (Phi) is 3.53. The SMILES string of the molecule is c1ccc(Oc2nc3nsnc3nc2Oc2ccccc2)cc1. The molecule has 23 heavy (non-hydrogen) atoms. The number of aromatic nitrogens is 4. The molecule has 0 radical (unpaired) electrons. The Hall–Kier alpha value is -3.06. The summed E-state index contributed by atoms with van der Waals surface area (Å²) in [6.45, 7) is 0. The van der Waals surface area contributed by atoms with Gasteiger partial charge in [-0.25, -0.2) is 0 Å². The lowest BCUT2D eigenvalue weighted by Gasteiger charge is -2.09. The first kappa shape index (κ1) is 13.6.